The summed E-state index contributed by atoms with van der Waals surface area (Å²) in [6, 6.07) is 15.9. The van der Waals surface area contributed by atoms with Crippen LogP contribution in [-0.4, -0.2) is 54.7 Å². The molecule has 1 aliphatic heterocycles. The average Bonchev–Trinajstić information content (AvgIpc) is 2.66. The van der Waals surface area contributed by atoms with Gasteiger partial charge in [-0.2, -0.15) is 0 Å². The Kier molecular flexibility index (Phi) is 5.18. The van der Waals surface area contributed by atoms with Gasteiger partial charge in [-0.1, -0.05) is 24.3 Å². The fourth-order valence-corrected chi connectivity index (χ4v) is 2.79. The number of carbonyl (C=O) groups is 2. The third-order valence-corrected chi connectivity index (χ3v) is 4.16. The summed E-state index contributed by atoms with van der Waals surface area (Å²) >= 11 is 0. The largest absolute Gasteiger partial charge is 0.508 e. The fourth-order valence-electron chi connectivity index (χ4n) is 2.79. The summed E-state index contributed by atoms with van der Waals surface area (Å²) < 4.78 is 5.05. The van der Waals surface area contributed by atoms with E-state index in [4.69, 9.17) is 4.74 Å². The molecule has 0 radical (unpaired) electrons. The number of anilines is 1. The molecule has 0 aliphatic carbocycles. The number of nitrogens with zero attached hydrogens (tertiary/aromatic N) is 2. The number of rotatable bonds is 4. The Balaban J connectivity index is 1.47. The summed E-state index contributed by atoms with van der Waals surface area (Å²) in [6.45, 7) is 2.39. The summed E-state index contributed by atoms with van der Waals surface area (Å²) in [4.78, 5) is 28.1. The number of hydrogen-bond acceptors (Lipinski definition) is 5. The molecule has 1 saturated heterocycles. The summed E-state index contributed by atoms with van der Waals surface area (Å²) in [6.07, 6.45) is 0. The minimum Gasteiger partial charge on any atom is -0.508 e. The number of hydrogen-bond donors (Lipinski definition) is 1. The number of para-hydroxylation sites is 1. The number of phenolic OH excluding ortho intramolecular Hbond substituents is 1. The van der Waals surface area contributed by atoms with E-state index in [1.807, 2.05) is 18.2 Å². The zero-order valence-electron chi connectivity index (χ0n) is 13.8. The highest BCUT2D eigenvalue weighted by Crippen LogP contribution is 2.16. The molecule has 0 bridgehead atoms. The van der Waals surface area contributed by atoms with Crippen LogP contribution in [0.4, 0.5) is 5.69 Å². The molecule has 1 aliphatic rings. The first-order valence-electron chi connectivity index (χ1n) is 8.17. The molecule has 0 saturated carbocycles. The molecule has 1 heterocycles. The number of phenols is 1. The standard InChI is InChI=1S/C19H20N2O4/c22-17-8-4-5-15(13-17)19(24)25-14-18(23)21-11-9-20(10-12-21)16-6-2-1-3-7-16/h1-8,13,22H,9-12,14H2. The van der Waals surface area contributed by atoms with E-state index in [2.05, 4.69) is 17.0 Å². The van der Waals surface area contributed by atoms with Crippen LogP contribution in [0.2, 0.25) is 0 Å². The molecule has 0 spiro atoms. The van der Waals surface area contributed by atoms with Gasteiger partial charge in [0.2, 0.25) is 0 Å². The van der Waals surface area contributed by atoms with Gasteiger partial charge in [-0.15, -0.1) is 0 Å². The number of carbonyl (C=O) groups excluding carboxylic acids is 2. The predicted octanol–water partition coefficient (Wildman–Crippen LogP) is 1.90. The lowest BCUT2D eigenvalue weighted by molar-refractivity contribution is -0.134. The molecule has 1 fully saturated rings. The third-order valence-electron chi connectivity index (χ3n) is 4.16. The first-order chi connectivity index (χ1) is 12.1. The molecule has 0 atom stereocenters. The van der Waals surface area contributed by atoms with Gasteiger partial charge in [0.05, 0.1) is 5.56 Å². The molecule has 6 heteroatoms. The topological polar surface area (TPSA) is 70.1 Å². The zero-order chi connectivity index (χ0) is 17.6. The second kappa shape index (κ2) is 7.70. The molecule has 1 N–H and O–H groups in total. The summed E-state index contributed by atoms with van der Waals surface area (Å²) in [5, 5.41) is 9.37. The maximum Gasteiger partial charge on any atom is 0.338 e. The van der Waals surface area contributed by atoms with Gasteiger partial charge in [0.1, 0.15) is 5.75 Å². The molecule has 25 heavy (non-hydrogen) atoms. The van der Waals surface area contributed by atoms with Crippen LogP contribution < -0.4 is 4.90 Å². The second-order valence-electron chi connectivity index (χ2n) is 5.83. The fraction of sp³-hybridized carbons (Fsp3) is 0.263. The Morgan fingerprint density at radius 1 is 0.960 bits per heavy atom. The third kappa shape index (κ3) is 4.29. The van der Waals surface area contributed by atoms with Crippen molar-refractivity contribution in [2.75, 3.05) is 37.7 Å². The Hall–Kier alpha value is -3.02. The van der Waals surface area contributed by atoms with Gasteiger partial charge in [0, 0.05) is 31.9 Å². The highest BCUT2D eigenvalue weighted by Gasteiger charge is 2.22. The lowest BCUT2D eigenvalue weighted by atomic mass is 10.2. The van der Waals surface area contributed by atoms with Crippen molar-refractivity contribution in [2.24, 2.45) is 0 Å². The molecule has 6 nitrogen and oxygen atoms in total. The monoisotopic (exact) mass is 340 g/mol. The van der Waals surface area contributed by atoms with Gasteiger partial charge < -0.3 is 19.6 Å². The van der Waals surface area contributed by atoms with Crippen LogP contribution in [0.1, 0.15) is 10.4 Å². The number of piperazine rings is 1. The van der Waals surface area contributed by atoms with Crippen molar-refractivity contribution in [1.82, 2.24) is 4.90 Å². The van der Waals surface area contributed by atoms with Gasteiger partial charge in [0.25, 0.3) is 5.91 Å². The van der Waals surface area contributed by atoms with Gasteiger partial charge in [0.15, 0.2) is 6.61 Å². The Morgan fingerprint density at radius 3 is 2.36 bits per heavy atom. The lowest BCUT2D eigenvalue weighted by Crippen LogP contribution is -2.49. The number of ether oxygens (including phenoxy) is 1. The minimum absolute atomic E-state index is 0.0159. The van der Waals surface area contributed by atoms with E-state index in [1.54, 1.807) is 11.0 Å². The minimum atomic E-state index is -0.618. The average molecular weight is 340 g/mol. The number of benzene rings is 2. The van der Waals surface area contributed by atoms with Crippen LogP contribution in [0.15, 0.2) is 54.6 Å². The van der Waals surface area contributed by atoms with Crippen molar-refractivity contribution in [3.05, 3.63) is 60.2 Å². The van der Waals surface area contributed by atoms with Crippen LogP contribution in [-0.2, 0) is 9.53 Å². The number of esters is 1. The number of amides is 1. The molecular formula is C19H20N2O4. The molecular weight excluding hydrogens is 320 g/mol. The Labute approximate surface area is 146 Å². The summed E-state index contributed by atoms with van der Waals surface area (Å²) in [7, 11) is 0. The van der Waals surface area contributed by atoms with Crippen molar-refractivity contribution in [2.45, 2.75) is 0 Å². The van der Waals surface area contributed by atoms with Crippen LogP contribution in [0.25, 0.3) is 0 Å². The maximum absolute atomic E-state index is 12.2. The van der Waals surface area contributed by atoms with Crippen molar-refractivity contribution in [1.29, 1.82) is 0 Å². The van der Waals surface area contributed by atoms with Crippen LogP contribution in [0.5, 0.6) is 5.75 Å². The molecule has 0 unspecified atom stereocenters. The smallest absolute Gasteiger partial charge is 0.338 e. The zero-order valence-corrected chi connectivity index (χ0v) is 13.8. The summed E-state index contributed by atoms with van der Waals surface area (Å²) in [5.41, 5.74) is 1.37. The van der Waals surface area contributed by atoms with Gasteiger partial charge in [-0.3, -0.25) is 4.79 Å². The molecule has 130 valence electrons. The molecule has 2 aromatic carbocycles. The lowest BCUT2D eigenvalue weighted by Gasteiger charge is -2.36. The maximum atomic E-state index is 12.2. The Morgan fingerprint density at radius 2 is 1.68 bits per heavy atom. The quantitative estimate of drug-likeness (QED) is 0.861. The highest BCUT2D eigenvalue weighted by atomic mass is 16.5. The summed E-state index contributed by atoms with van der Waals surface area (Å²) in [5.74, 6) is -0.841. The van der Waals surface area contributed by atoms with Crippen molar-refractivity contribution >= 4 is 17.6 Å². The van der Waals surface area contributed by atoms with E-state index < -0.39 is 5.97 Å². The first kappa shape index (κ1) is 16.8. The van der Waals surface area contributed by atoms with E-state index >= 15 is 0 Å². The van der Waals surface area contributed by atoms with Crippen LogP contribution in [0.3, 0.4) is 0 Å². The van der Waals surface area contributed by atoms with Crippen LogP contribution in [0, 0.1) is 0 Å². The van der Waals surface area contributed by atoms with E-state index in [-0.39, 0.29) is 23.8 Å². The van der Waals surface area contributed by atoms with E-state index in [9.17, 15) is 14.7 Å². The normalized spacial score (nSPS) is 14.2. The predicted molar refractivity (Wildman–Crippen MR) is 93.6 cm³/mol. The second-order valence-corrected chi connectivity index (χ2v) is 5.83. The van der Waals surface area contributed by atoms with Gasteiger partial charge in [-0.25, -0.2) is 4.79 Å². The SMILES string of the molecule is O=C(OCC(=O)N1CCN(c2ccccc2)CC1)c1cccc(O)c1. The van der Waals surface area contributed by atoms with E-state index in [0.29, 0.717) is 13.1 Å². The van der Waals surface area contributed by atoms with Crippen molar-refractivity contribution in [3.8, 4) is 5.75 Å². The molecule has 0 aromatic heterocycles. The first-order valence-corrected chi connectivity index (χ1v) is 8.17. The van der Waals surface area contributed by atoms with E-state index in [1.165, 1.54) is 18.2 Å². The van der Waals surface area contributed by atoms with Crippen LogP contribution >= 0.6 is 0 Å². The Bertz CT molecular complexity index is 740. The molecule has 3 rings (SSSR count). The van der Waals surface area contributed by atoms with Gasteiger partial charge in [-0.05, 0) is 30.3 Å². The van der Waals surface area contributed by atoms with Crippen molar-refractivity contribution in [3.63, 3.8) is 0 Å². The number of aromatic hydroxyl groups is 1. The molecule has 2 aromatic rings. The highest BCUT2D eigenvalue weighted by molar-refractivity contribution is 5.91. The van der Waals surface area contributed by atoms with Crippen molar-refractivity contribution < 1.29 is 19.4 Å². The van der Waals surface area contributed by atoms with E-state index in [0.717, 1.165) is 18.8 Å². The molecule has 1 amide bonds. The van der Waals surface area contributed by atoms with Gasteiger partial charge >= 0.3 is 5.97 Å².